The van der Waals surface area contributed by atoms with Crippen molar-refractivity contribution in [3.05, 3.63) is 94.8 Å². The van der Waals surface area contributed by atoms with Crippen LogP contribution in [0.3, 0.4) is 0 Å². The number of benzene rings is 3. The van der Waals surface area contributed by atoms with Gasteiger partial charge in [-0.1, -0.05) is 61.8 Å². The predicted molar refractivity (Wildman–Crippen MR) is 112 cm³/mol. The maximum Gasteiger partial charge on any atom is 0.165 e. The van der Waals surface area contributed by atoms with Crippen molar-refractivity contribution in [2.45, 2.75) is 32.3 Å². The van der Waals surface area contributed by atoms with Crippen LogP contribution in [0.25, 0.3) is 0 Å². The lowest BCUT2D eigenvalue weighted by atomic mass is 9.81. The zero-order chi connectivity index (χ0) is 20.0. The molecule has 146 valence electrons. The molecule has 0 aliphatic rings. The molecule has 1 atom stereocenters. The number of halogens is 2. The normalized spacial score (nSPS) is 13.1. The average molecular weight is 399 g/mol. The third-order valence-corrected chi connectivity index (χ3v) is 5.23. The molecule has 3 aromatic carbocycles. The molecule has 0 aliphatic heterocycles. The Balaban J connectivity index is 1.65. The maximum absolute atomic E-state index is 14.1. The van der Waals surface area contributed by atoms with Crippen molar-refractivity contribution in [1.82, 2.24) is 0 Å². The van der Waals surface area contributed by atoms with E-state index in [0.29, 0.717) is 19.0 Å². The highest BCUT2D eigenvalue weighted by atomic mass is 35.5. The van der Waals surface area contributed by atoms with Gasteiger partial charge in [-0.15, -0.1) is 0 Å². The van der Waals surface area contributed by atoms with Gasteiger partial charge in [-0.3, -0.25) is 0 Å². The molecule has 0 amide bonds. The second-order valence-electron chi connectivity index (χ2n) is 7.09. The molecule has 3 aromatic rings. The molecule has 0 aliphatic carbocycles. The highest BCUT2D eigenvalue weighted by Crippen LogP contribution is 2.30. The Bertz CT molecular complexity index is 896. The molecular weight excluding hydrogens is 375 g/mol. The first-order chi connectivity index (χ1) is 13.5. The molecule has 0 bridgehead atoms. The first kappa shape index (κ1) is 20.4. The number of para-hydroxylation sites is 1. The van der Waals surface area contributed by atoms with E-state index in [0.717, 1.165) is 17.0 Å². The third-order valence-electron chi connectivity index (χ3n) is 4.98. The Labute approximate surface area is 170 Å². The van der Waals surface area contributed by atoms with Crippen LogP contribution in [0.5, 0.6) is 11.5 Å². The topological polar surface area (TPSA) is 18.5 Å². The average Bonchev–Trinajstić information content (AvgIpc) is 2.71. The van der Waals surface area contributed by atoms with Crippen molar-refractivity contribution in [1.29, 1.82) is 0 Å². The van der Waals surface area contributed by atoms with Crippen molar-refractivity contribution in [2.24, 2.45) is 0 Å². The summed E-state index contributed by atoms with van der Waals surface area (Å²) in [5, 5.41) is 0.723. The van der Waals surface area contributed by atoms with Crippen molar-refractivity contribution >= 4 is 11.6 Å². The molecule has 0 radical (unpaired) electrons. The Morgan fingerprint density at radius 1 is 0.964 bits per heavy atom. The number of hydrogen-bond acceptors (Lipinski definition) is 2. The van der Waals surface area contributed by atoms with Gasteiger partial charge in [-0.05, 0) is 53.9 Å². The summed E-state index contributed by atoms with van der Waals surface area (Å²) in [6.07, 6.45) is 0.931. The van der Waals surface area contributed by atoms with E-state index in [1.165, 1.54) is 11.6 Å². The summed E-state index contributed by atoms with van der Waals surface area (Å²) in [6, 6.07) is 21.9. The molecular formula is C24H24ClFO2. The molecule has 0 heterocycles. The fourth-order valence-electron chi connectivity index (χ4n) is 2.97. The van der Waals surface area contributed by atoms with Crippen molar-refractivity contribution < 1.29 is 13.9 Å². The lowest BCUT2D eigenvalue weighted by Gasteiger charge is -2.29. The maximum atomic E-state index is 14.1. The van der Waals surface area contributed by atoms with Crippen LogP contribution in [0.1, 0.15) is 31.4 Å². The van der Waals surface area contributed by atoms with E-state index < -0.39 is 5.82 Å². The largest absolute Gasteiger partial charge is 0.454 e. The lowest BCUT2D eigenvalue weighted by Crippen LogP contribution is -2.27. The van der Waals surface area contributed by atoms with Gasteiger partial charge in [0.1, 0.15) is 5.75 Å². The first-order valence-electron chi connectivity index (χ1n) is 9.35. The van der Waals surface area contributed by atoms with Gasteiger partial charge in [0.05, 0.1) is 13.2 Å². The summed E-state index contributed by atoms with van der Waals surface area (Å²) in [5.74, 6) is 0.399. The minimum absolute atomic E-state index is 0.117. The SMILES string of the molecule is CCC(C)(COCc1ccc(F)c(Oc2ccccc2)c1)c1ccc(Cl)cc1. The van der Waals surface area contributed by atoms with Crippen molar-refractivity contribution in [2.75, 3.05) is 6.61 Å². The number of hydrogen-bond donors (Lipinski definition) is 0. The summed E-state index contributed by atoms with van der Waals surface area (Å²) < 4.78 is 25.7. The zero-order valence-corrected chi connectivity index (χ0v) is 16.9. The monoisotopic (exact) mass is 398 g/mol. The van der Waals surface area contributed by atoms with E-state index in [1.54, 1.807) is 24.3 Å². The highest BCUT2D eigenvalue weighted by Gasteiger charge is 2.25. The van der Waals surface area contributed by atoms with Gasteiger partial charge >= 0.3 is 0 Å². The smallest absolute Gasteiger partial charge is 0.165 e. The predicted octanol–water partition coefficient (Wildman–Crippen LogP) is 7.16. The molecule has 0 aromatic heterocycles. The van der Waals surface area contributed by atoms with Crippen LogP contribution in [0.15, 0.2) is 72.8 Å². The lowest BCUT2D eigenvalue weighted by molar-refractivity contribution is 0.0746. The molecule has 0 saturated heterocycles. The molecule has 1 unspecified atom stereocenters. The summed E-state index contributed by atoms with van der Waals surface area (Å²) >= 11 is 6.00. The Morgan fingerprint density at radius 2 is 1.68 bits per heavy atom. The van der Waals surface area contributed by atoms with E-state index in [-0.39, 0.29) is 11.2 Å². The van der Waals surface area contributed by atoms with Crippen molar-refractivity contribution in [3.8, 4) is 11.5 Å². The van der Waals surface area contributed by atoms with Crippen LogP contribution in [-0.2, 0) is 16.8 Å². The van der Waals surface area contributed by atoms with Crippen LogP contribution in [-0.4, -0.2) is 6.61 Å². The molecule has 0 saturated carbocycles. The van der Waals surface area contributed by atoms with Crippen LogP contribution in [0, 0.1) is 5.82 Å². The standard InChI is InChI=1S/C24H24ClFO2/c1-3-24(2,19-10-12-20(25)13-11-19)17-27-16-18-9-14-22(26)23(15-18)28-21-7-5-4-6-8-21/h4-15H,3,16-17H2,1-2H3. The molecule has 0 fully saturated rings. The van der Waals surface area contributed by atoms with E-state index >= 15 is 0 Å². The minimum Gasteiger partial charge on any atom is -0.454 e. The molecule has 28 heavy (non-hydrogen) atoms. The van der Waals surface area contributed by atoms with Gasteiger partial charge in [-0.2, -0.15) is 0 Å². The Kier molecular flexibility index (Phi) is 6.71. The zero-order valence-electron chi connectivity index (χ0n) is 16.1. The van der Waals surface area contributed by atoms with E-state index in [4.69, 9.17) is 21.1 Å². The quantitative estimate of drug-likeness (QED) is 0.401. The molecule has 2 nitrogen and oxygen atoms in total. The second-order valence-corrected chi connectivity index (χ2v) is 7.53. The van der Waals surface area contributed by atoms with Gasteiger partial charge in [0, 0.05) is 10.4 Å². The van der Waals surface area contributed by atoms with Gasteiger partial charge in [0.25, 0.3) is 0 Å². The van der Waals surface area contributed by atoms with Crippen LogP contribution < -0.4 is 4.74 Å². The molecule has 0 spiro atoms. The molecule has 0 N–H and O–H groups in total. The van der Waals surface area contributed by atoms with Crippen LogP contribution >= 0.6 is 11.6 Å². The number of rotatable bonds is 8. The number of ether oxygens (including phenoxy) is 2. The fourth-order valence-corrected chi connectivity index (χ4v) is 3.09. The summed E-state index contributed by atoms with van der Waals surface area (Å²) in [7, 11) is 0. The summed E-state index contributed by atoms with van der Waals surface area (Å²) in [6.45, 7) is 5.25. The third kappa shape index (κ3) is 5.12. The summed E-state index contributed by atoms with van der Waals surface area (Å²) in [5.41, 5.74) is 1.93. The molecule has 3 rings (SSSR count). The van der Waals surface area contributed by atoms with Crippen LogP contribution in [0.2, 0.25) is 5.02 Å². The minimum atomic E-state index is -0.396. The Hall–Kier alpha value is -2.36. The van der Waals surface area contributed by atoms with Crippen molar-refractivity contribution in [3.63, 3.8) is 0 Å². The molecule has 4 heteroatoms. The van der Waals surface area contributed by atoms with E-state index in [2.05, 4.69) is 13.8 Å². The Morgan fingerprint density at radius 3 is 2.36 bits per heavy atom. The van der Waals surface area contributed by atoms with Gasteiger partial charge in [0.2, 0.25) is 0 Å². The highest BCUT2D eigenvalue weighted by molar-refractivity contribution is 6.30. The van der Waals surface area contributed by atoms with E-state index in [1.807, 2.05) is 42.5 Å². The first-order valence-corrected chi connectivity index (χ1v) is 9.73. The van der Waals surface area contributed by atoms with Crippen LogP contribution in [0.4, 0.5) is 4.39 Å². The fraction of sp³-hybridized carbons (Fsp3) is 0.250. The van der Waals surface area contributed by atoms with Gasteiger partial charge in [-0.25, -0.2) is 4.39 Å². The second kappa shape index (κ2) is 9.22. The van der Waals surface area contributed by atoms with Gasteiger partial charge in [0.15, 0.2) is 11.6 Å². The van der Waals surface area contributed by atoms with E-state index in [9.17, 15) is 4.39 Å². The summed E-state index contributed by atoms with van der Waals surface area (Å²) in [4.78, 5) is 0. The van der Waals surface area contributed by atoms with Gasteiger partial charge < -0.3 is 9.47 Å².